The number of nitrogens with one attached hydrogen (secondary N) is 2. The van der Waals surface area contributed by atoms with E-state index in [0.29, 0.717) is 29.2 Å². The number of aromatic nitrogens is 4. The average molecular weight is 431 g/mol. The molecule has 3 atom stereocenters. The fraction of sp³-hybridized carbons (Fsp3) is 0.600. The monoisotopic (exact) mass is 431 g/mol. The maximum atomic E-state index is 12.3. The third kappa shape index (κ3) is 4.36. The topological polar surface area (TPSA) is 129 Å². The number of hydrogen-bond donors (Lipinski definition) is 3. The van der Waals surface area contributed by atoms with Crippen molar-refractivity contribution in [1.82, 2.24) is 25.1 Å². The fourth-order valence-corrected chi connectivity index (χ4v) is 4.61. The highest BCUT2D eigenvalue weighted by molar-refractivity contribution is 5.68. The maximum Gasteiger partial charge on any atom is 0.409 e. The highest BCUT2D eigenvalue weighted by Gasteiger charge is 2.43. The van der Waals surface area contributed by atoms with Crippen LogP contribution in [0.5, 0.6) is 5.88 Å². The molecule has 0 spiro atoms. The molecule has 0 radical (unpaired) electrons. The average Bonchev–Trinajstić information content (AvgIpc) is 3.24. The number of aromatic amines is 1. The molecule has 11 nitrogen and oxygen atoms in total. The Morgan fingerprint density at radius 1 is 1.26 bits per heavy atom. The summed E-state index contributed by atoms with van der Waals surface area (Å²) in [6.07, 6.45) is 4.53. The van der Waals surface area contributed by atoms with E-state index in [-0.39, 0.29) is 30.8 Å². The minimum Gasteiger partial charge on any atom is -0.481 e. The van der Waals surface area contributed by atoms with Gasteiger partial charge in [0.05, 0.1) is 26.5 Å². The fourth-order valence-electron chi connectivity index (χ4n) is 4.61. The standard InChI is InChI=1S/C20H29N7O4/c1-26(15-8-13-5-4-6-14(9-15)27(13)20(29)31-3)19-22-16(10-18(23-19)30-2)21-17-7-12(11-28)24-25-17/h7,10,13-15,28H,4-6,8-9,11H2,1-3H3,(H2,21,22,23,24,25)/t13-,14+,15?. The van der Waals surface area contributed by atoms with Gasteiger partial charge in [-0.25, -0.2) is 4.79 Å². The Kier molecular flexibility index (Phi) is 6.12. The first kappa shape index (κ1) is 21.2. The summed E-state index contributed by atoms with van der Waals surface area (Å²) in [5, 5.41) is 19.2. The van der Waals surface area contributed by atoms with E-state index >= 15 is 0 Å². The van der Waals surface area contributed by atoms with Gasteiger partial charge in [-0.3, -0.25) is 5.10 Å². The lowest BCUT2D eigenvalue weighted by atomic mass is 9.81. The van der Waals surface area contributed by atoms with Crippen molar-refractivity contribution < 1.29 is 19.4 Å². The van der Waals surface area contributed by atoms with Gasteiger partial charge in [0.1, 0.15) is 5.82 Å². The lowest BCUT2D eigenvalue weighted by molar-refractivity contribution is 0.0260. The number of aliphatic hydroxyl groups excluding tert-OH is 1. The van der Waals surface area contributed by atoms with E-state index in [9.17, 15) is 9.90 Å². The Labute approximate surface area is 180 Å². The van der Waals surface area contributed by atoms with Gasteiger partial charge in [0.25, 0.3) is 0 Å². The number of ether oxygens (including phenoxy) is 2. The first-order chi connectivity index (χ1) is 15.0. The predicted octanol–water partition coefficient (Wildman–Crippen LogP) is 2.03. The third-order valence-electron chi connectivity index (χ3n) is 6.16. The number of H-pyrrole nitrogens is 1. The van der Waals surface area contributed by atoms with Crippen molar-refractivity contribution in [1.29, 1.82) is 0 Å². The number of fused-ring (bicyclic) bond motifs is 2. The molecule has 2 saturated heterocycles. The van der Waals surface area contributed by atoms with Crippen LogP contribution in [0.1, 0.15) is 37.8 Å². The van der Waals surface area contributed by atoms with Gasteiger partial charge in [-0.2, -0.15) is 15.1 Å². The van der Waals surface area contributed by atoms with Crippen LogP contribution in [-0.4, -0.2) is 75.7 Å². The van der Waals surface area contributed by atoms with Gasteiger partial charge in [0.2, 0.25) is 11.8 Å². The van der Waals surface area contributed by atoms with E-state index in [1.807, 2.05) is 11.9 Å². The first-order valence-corrected chi connectivity index (χ1v) is 10.5. The number of carbonyl (C=O) groups is 1. The number of carbonyl (C=O) groups excluding carboxylic acids is 1. The Morgan fingerprint density at radius 3 is 2.61 bits per heavy atom. The highest BCUT2D eigenvalue weighted by atomic mass is 16.5. The summed E-state index contributed by atoms with van der Waals surface area (Å²) >= 11 is 0. The lowest BCUT2D eigenvalue weighted by Gasteiger charge is -2.49. The number of rotatable bonds is 6. The lowest BCUT2D eigenvalue weighted by Crippen LogP contribution is -2.58. The molecule has 2 aromatic rings. The quantitative estimate of drug-likeness (QED) is 0.629. The van der Waals surface area contributed by atoms with E-state index in [4.69, 9.17) is 9.47 Å². The molecule has 0 aliphatic carbocycles. The summed E-state index contributed by atoms with van der Waals surface area (Å²) in [7, 11) is 4.98. The largest absolute Gasteiger partial charge is 0.481 e. The van der Waals surface area contributed by atoms with Crippen LogP contribution in [0, 0.1) is 0 Å². The molecule has 2 bridgehead atoms. The van der Waals surface area contributed by atoms with Crippen LogP contribution in [-0.2, 0) is 11.3 Å². The Morgan fingerprint density at radius 2 is 2.00 bits per heavy atom. The summed E-state index contributed by atoms with van der Waals surface area (Å²) in [4.78, 5) is 25.4. The molecule has 168 valence electrons. The zero-order valence-corrected chi connectivity index (χ0v) is 18.0. The second kappa shape index (κ2) is 8.96. The molecule has 1 unspecified atom stereocenters. The summed E-state index contributed by atoms with van der Waals surface area (Å²) in [5.74, 6) is 2.05. The maximum absolute atomic E-state index is 12.3. The minimum atomic E-state index is -0.235. The zero-order chi connectivity index (χ0) is 22.0. The van der Waals surface area contributed by atoms with Gasteiger partial charge < -0.3 is 29.7 Å². The van der Waals surface area contributed by atoms with Crippen LogP contribution in [0.3, 0.4) is 0 Å². The van der Waals surface area contributed by atoms with Crippen molar-refractivity contribution >= 4 is 23.7 Å². The predicted molar refractivity (Wildman–Crippen MR) is 113 cm³/mol. The van der Waals surface area contributed by atoms with Crippen LogP contribution in [0.25, 0.3) is 0 Å². The van der Waals surface area contributed by atoms with Crippen molar-refractivity contribution in [3.63, 3.8) is 0 Å². The number of aliphatic hydroxyl groups is 1. The molecule has 31 heavy (non-hydrogen) atoms. The van der Waals surface area contributed by atoms with Crippen molar-refractivity contribution in [2.24, 2.45) is 0 Å². The third-order valence-corrected chi connectivity index (χ3v) is 6.16. The smallest absolute Gasteiger partial charge is 0.409 e. The van der Waals surface area contributed by atoms with E-state index in [2.05, 4.69) is 30.4 Å². The number of hydrogen-bond acceptors (Lipinski definition) is 9. The SMILES string of the molecule is COC(=O)N1[C@@H]2CCC[C@H]1CC(N(C)c1nc(Nc3cc(CO)[nH]n3)cc(OC)n1)C2. The van der Waals surface area contributed by atoms with Gasteiger partial charge in [-0.1, -0.05) is 0 Å². The Hall–Kier alpha value is -3.08. The molecular formula is C20H29N7O4. The number of methoxy groups -OCH3 is 2. The van der Waals surface area contributed by atoms with E-state index in [1.165, 1.54) is 7.11 Å². The molecule has 2 aliphatic heterocycles. The van der Waals surface area contributed by atoms with Crippen molar-refractivity contribution in [2.45, 2.75) is 56.8 Å². The summed E-state index contributed by atoms with van der Waals surface area (Å²) in [6, 6.07) is 3.93. The summed E-state index contributed by atoms with van der Waals surface area (Å²) < 4.78 is 10.4. The molecule has 1 amide bonds. The Bertz CT molecular complexity index is 907. The highest BCUT2D eigenvalue weighted by Crippen LogP contribution is 2.37. The van der Waals surface area contributed by atoms with E-state index in [0.717, 1.165) is 32.1 Å². The molecule has 2 fully saturated rings. The van der Waals surface area contributed by atoms with Crippen LogP contribution in [0.4, 0.5) is 22.4 Å². The molecular weight excluding hydrogens is 402 g/mol. The molecule has 4 heterocycles. The normalized spacial score (nSPS) is 22.7. The first-order valence-electron chi connectivity index (χ1n) is 10.5. The molecule has 0 aromatic carbocycles. The summed E-state index contributed by atoms with van der Waals surface area (Å²) in [6.45, 7) is -0.123. The van der Waals surface area contributed by atoms with Gasteiger partial charge in [0.15, 0.2) is 5.82 Å². The zero-order valence-electron chi connectivity index (χ0n) is 18.0. The van der Waals surface area contributed by atoms with Crippen molar-refractivity contribution in [3.05, 3.63) is 17.8 Å². The van der Waals surface area contributed by atoms with Gasteiger partial charge >= 0.3 is 6.09 Å². The van der Waals surface area contributed by atoms with Crippen LogP contribution >= 0.6 is 0 Å². The number of amides is 1. The molecule has 3 N–H and O–H groups in total. The Balaban J connectivity index is 1.54. The van der Waals surface area contributed by atoms with Gasteiger partial charge in [0, 0.05) is 37.3 Å². The molecule has 2 aliphatic rings. The second-order valence-corrected chi connectivity index (χ2v) is 8.01. The number of anilines is 3. The number of piperidine rings is 2. The molecule has 4 rings (SSSR count). The second-order valence-electron chi connectivity index (χ2n) is 8.01. The van der Waals surface area contributed by atoms with E-state index in [1.54, 1.807) is 19.2 Å². The van der Waals surface area contributed by atoms with Gasteiger partial charge in [-0.05, 0) is 32.1 Å². The van der Waals surface area contributed by atoms with Crippen molar-refractivity contribution in [3.8, 4) is 5.88 Å². The minimum absolute atomic E-state index is 0.123. The molecule has 2 aromatic heterocycles. The van der Waals surface area contributed by atoms with E-state index < -0.39 is 0 Å². The van der Waals surface area contributed by atoms with Crippen LogP contribution in [0.15, 0.2) is 12.1 Å². The molecule has 11 heteroatoms. The van der Waals surface area contributed by atoms with Crippen LogP contribution < -0.4 is 15.0 Å². The molecule has 0 saturated carbocycles. The van der Waals surface area contributed by atoms with Crippen molar-refractivity contribution in [2.75, 3.05) is 31.5 Å². The van der Waals surface area contributed by atoms with Crippen LogP contribution in [0.2, 0.25) is 0 Å². The number of nitrogens with zero attached hydrogens (tertiary/aromatic N) is 5. The van der Waals surface area contributed by atoms with Gasteiger partial charge in [-0.15, -0.1) is 0 Å². The summed E-state index contributed by atoms with van der Waals surface area (Å²) in [5.41, 5.74) is 0.602.